The average Bonchev–Trinajstić information content (AvgIpc) is 2.71. The standard InChI is InChI=1S/C22H16Cl2N4O3/c23-17-2-1-3-18(24)15(17)9-13-10-19(29)27-21-16(13)11-25-22(28-21)26-14-6-4-12(5-7-14)8-20(30)31/h1-7,10-11H,8-9H2,(H,30,31)(H2,25,26,27,28,29). The van der Waals surface area contributed by atoms with Gasteiger partial charge in [0.1, 0.15) is 5.65 Å². The molecular formula is C22H16Cl2N4O3. The van der Waals surface area contributed by atoms with Gasteiger partial charge >= 0.3 is 5.97 Å². The molecular weight excluding hydrogens is 439 g/mol. The highest BCUT2D eigenvalue weighted by Crippen LogP contribution is 2.28. The van der Waals surface area contributed by atoms with Crippen molar-refractivity contribution in [2.24, 2.45) is 0 Å². The van der Waals surface area contributed by atoms with Crippen molar-refractivity contribution in [2.75, 3.05) is 5.32 Å². The van der Waals surface area contributed by atoms with Gasteiger partial charge in [0.2, 0.25) is 11.5 Å². The highest BCUT2D eigenvalue weighted by atomic mass is 35.5. The van der Waals surface area contributed by atoms with E-state index in [0.717, 1.165) is 5.56 Å². The number of aromatic amines is 1. The molecule has 0 spiro atoms. The van der Waals surface area contributed by atoms with Gasteiger partial charge in [-0.1, -0.05) is 41.4 Å². The molecule has 0 bridgehead atoms. The van der Waals surface area contributed by atoms with E-state index in [0.29, 0.717) is 50.3 Å². The van der Waals surface area contributed by atoms with Crippen LogP contribution < -0.4 is 10.9 Å². The Hall–Kier alpha value is -3.42. The number of carboxylic acid groups (broad SMARTS) is 1. The van der Waals surface area contributed by atoms with Crippen molar-refractivity contribution in [1.29, 1.82) is 0 Å². The molecule has 3 N–H and O–H groups in total. The van der Waals surface area contributed by atoms with Crippen LogP contribution in [-0.4, -0.2) is 26.0 Å². The molecule has 4 rings (SSSR count). The third-order valence-electron chi connectivity index (χ3n) is 4.68. The number of carbonyl (C=O) groups is 1. The van der Waals surface area contributed by atoms with E-state index in [1.807, 2.05) is 0 Å². The van der Waals surface area contributed by atoms with Crippen LogP contribution in [-0.2, 0) is 17.6 Å². The van der Waals surface area contributed by atoms with Crippen molar-refractivity contribution >= 4 is 51.8 Å². The number of nitrogens with zero attached hydrogens (tertiary/aromatic N) is 2. The fourth-order valence-electron chi connectivity index (χ4n) is 3.21. The summed E-state index contributed by atoms with van der Waals surface area (Å²) in [5.41, 5.74) is 2.89. The third kappa shape index (κ3) is 4.84. The second-order valence-electron chi connectivity index (χ2n) is 6.88. The van der Waals surface area contributed by atoms with Crippen LogP contribution in [0, 0.1) is 0 Å². The number of halogens is 2. The largest absolute Gasteiger partial charge is 0.481 e. The first-order valence-electron chi connectivity index (χ1n) is 9.28. The second-order valence-corrected chi connectivity index (χ2v) is 7.70. The summed E-state index contributed by atoms with van der Waals surface area (Å²) in [7, 11) is 0. The highest BCUT2D eigenvalue weighted by Gasteiger charge is 2.12. The Morgan fingerprint density at radius 1 is 1.10 bits per heavy atom. The lowest BCUT2D eigenvalue weighted by Gasteiger charge is -2.10. The predicted octanol–water partition coefficient (Wildman–Crippen LogP) is 4.59. The third-order valence-corrected chi connectivity index (χ3v) is 5.38. The Balaban J connectivity index is 1.64. The quantitative estimate of drug-likeness (QED) is 0.393. The van der Waals surface area contributed by atoms with Crippen molar-refractivity contribution in [3.05, 3.63) is 91.8 Å². The Labute approximate surface area is 186 Å². The summed E-state index contributed by atoms with van der Waals surface area (Å²) in [6.07, 6.45) is 1.94. The summed E-state index contributed by atoms with van der Waals surface area (Å²) in [5.74, 6) is -0.599. The molecule has 0 fully saturated rings. The molecule has 0 aliphatic heterocycles. The number of hydrogen-bond donors (Lipinski definition) is 3. The van der Waals surface area contributed by atoms with Gasteiger partial charge in [0.05, 0.1) is 6.42 Å². The Morgan fingerprint density at radius 3 is 2.48 bits per heavy atom. The van der Waals surface area contributed by atoms with E-state index in [4.69, 9.17) is 28.3 Å². The average molecular weight is 455 g/mol. The maximum atomic E-state index is 12.2. The second kappa shape index (κ2) is 8.75. The summed E-state index contributed by atoms with van der Waals surface area (Å²) in [6.45, 7) is 0. The van der Waals surface area contributed by atoms with Crippen LogP contribution in [0.3, 0.4) is 0 Å². The number of carboxylic acids is 1. The van der Waals surface area contributed by atoms with E-state index in [2.05, 4.69) is 20.3 Å². The summed E-state index contributed by atoms with van der Waals surface area (Å²) < 4.78 is 0. The van der Waals surface area contributed by atoms with Gasteiger partial charge < -0.3 is 15.4 Å². The van der Waals surface area contributed by atoms with Gasteiger partial charge in [0.25, 0.3) is 0 Å². The zero-order valence-corrected chi connectivity index (χ0v) is 17.5. The van der Waals surface area contributed by atoms with E-state index in [-0.39, 0.29) is 12.0 Å². The Kier molecular flexibility index (Phi) is 5.88. The molecule has 0 unspecified atom stereocenters. The molecule has 0 amide bonds. The van der Waals surface area contributed by atoms with Crippen molar-refractivity contribution < 1.29 is 9.90 Å². The van der Waals surface area contributed by atoms with Crippen molar-refractivity contribution in [2.45, 2.75) is 12.8 Å². The maximum Gasteiger partial charge on any atom is 0.307 e. The molecule has 0 aliphatic rings. The molecule has 2 aromatic carbocycles. The SMILES string of the molecule is O=C(O)Cc1ccc(Nc2ncc3c(Cc4c(Cl)cccc4Cl)cc(=O)[nH]c3n2)cc1. The van der Waals surface area contributed by atoms with Crippen LogP contribution in [0.25, 0.3) is 11.0 Å². The van der Waals surface area contributed by atoms with Gasteiger partial charge in [-0.15, -0.1) is 0 Å². The van der Waals surface area contributed by atoms with Crippen LogP contribution in [0.2, 0.25) is 10.0 Å². The minimum Gasteiger partial charge on any atom is -0.481 e. The van der Waals surface area contributed by atoms with E-state index < -0.39 is 5.97 Å². The number of fused-ring (bicyclic) bond motifs is 1. The lowest BCUT2D eigenvalue weighted by atomic mass is 10.0. The molecule has 156 valence electrons. The molecule has 4 aromatic rings. The molecule has 0 saturated carbocycles. The van der Waals surface area contributed by atoms with E-state index in [9.17, 15) is 9.59 Å². The lowest BCUT2D eigenvalue weighted by Crippen LogP contribution is -2.10. The van der Waals surface area contributed by atoms with Gasteiger partial charge in [0.15, 0.2) is 0 Å². The van der Waals surface area contributed by atoms with Crippen molar-refractivity contribution in [1.82, 2.24) is 15.0 Å². The predicted molar refractivity (Wildman–Crippen MR) is 120 cm³/mol. The molecule has 2 aromatic heterocycles. The molecule has 0 aliphatic carbocycles. The minimum absolute atomic E-state index is 0.0494. The number of rotatable bonds is 6. The summed E-state index contributed by atoms with van der Waals surface area (Å²) in [4.78, 5) is 34.5. The maximum absolute atomic E-state index is 12.2. The smallest absolute Gasteiger partial charge is 0.307 e. The summed E-state index contributed by atoms with van der Waals surface area (Å²) >= 11 is 12.6. The molecule has 31 heavy (non-hydrogen) atoms. The van der Waals surface area contributed by atoms with E-state index in [1.54, 1.807) is 48.7 Å². The number of aromatic nitrogens is 3. The van der Waals surface area contributed by atoms with E-state index >= 15 is 0 Å². The summed E-state index contributed by atoms with van der Waals surface area (Å²) in [5, 5.41) is 13.6. The fourth-order valence-corrected chi connectivity index (χ4v) is 3.74. The van der Waals surface area contributed by atoms with Crippen molar-refractivity contribution in [3.63, 3.8) is 0 Å². The van der Waals surface area contributed by atoms with Crippen LogP contribution in [0.4, 0.5) is 11.6 Å². The van der Waals surface area contributed by atoms with Gasteiger partial charge in [-0.25, -0.2) is 4.98 Å². The zero-order chi connectivity index (χ0) is 22.0. The van der Waals surface area contributed by atoms with Gasteiger partial charge in [-0.05, 0) is 41.0 Å². The molecule has 7 nitrogen and oxygen atoms in total. The number of pyridine rings is 1. The first-order chi connectivity index (χ1) is 14.9. The number of aliphatic carboxylic acids is 1. The normalized spacial score (nSPS) is 10.9. The zero-order valence-electron chi connectivity index (χ0n) is 16.0. The first-order valence-corrected chi connectivity index (χ1v) is 10.0. The fraction of sp³-hybridized carbons (Fsp3) is 0.0909. The van der Waals surface area contributed by atoms with Crippen LogP contribution in [0.5, 0.6) is 0 Å². The monoisotopic (exact) mass is 454 g/mol. The molecule has 2 heterocycles. The van der Waals surface area contributed by atoms with Crippen LogP contribution in [0.1, 0.15) is 16.7 Å². The van der Waals surface area contributed by atoms with Gasteiger partial charge in [0, 0.05) is 39.8 Å². The number of hydrogen-bond acceptors (Lipinski definition) is 5. The highest BCUT2D eigenvalue weighted by molar-refractivity contribution is 6.36. The van der Waals surface area contributed by atoms with E-state index in [1.165, 1.54) is 6.07 Å². The lowest BCUT2D eigenvalue weighted by molar-refractivity contribution is -0.136. The molecule has 0 atom stereocenters. The number of benzene rings is 2. The Morgan fingerprint density at radius 2 is 1.81 bits per heavy atom. The molecule has 0 radical (unpaired) electrons. The minimum atomic E-state index is -0.892. The molecule has 9 heteroatoms. The number of H-pyrrole nitrogens is 1. The van der Waals surface area contributed by atoms with Crippen LogP contribution >= 0.6 is 23.2 Å². The molecule has 0 saturated heterocycles. The first kappa shape index (κ1) is 20.8. The number of nitrogens with one attached hydrogen (secondary N) is 2. The van der Waals surface area contributed by atoms with Crippen LogP contribution in [0.15, 0.2) is 59.5 Å². The summed E-state index contributed by atoms with van der Waals surface area (Å²) in [6, 6.07) is 13.7. The van der Waals surface area contributed by atoms with Crippen molar-refractivity contribution in [3.8, 4) is 0 Å². The van der Waals surface area contributed by atoms with Gasteiger partial charge in [-0.3, -0.25) is 9.59 Å². The van der Waals surface area contributed by atoms with Gasteiger partial charge in [-0.2, -0.15) is 4.98 Å². The Bertz CT molecular complexity index is 1320. The number of anilines is 2. The topological polar surface area (TPSA) is 108 Å².